The van der Waals surface area contributed by atoms with E-state index >= 15 is 0 Å². The maximum absolute atomic E-state index is 12.4. The molecular weight excluding hydrogens is 452 g/mol. The lowest BCUT2D eigenvalue weighted by Gasteiger charge is -2.18. The second-order valence-corrected chi connectivity index (χ2v) is 8.80. The Bertz CT molecular complexity index is 1030. The van der Waals surface area contributed by atoms with Crippen LogP contribution in [0.25, 0.3) is 11.1 Å². The highest BCUT2D eigenvalue weighted by Crippen LogP contribution is 2.44. The van der Waals surface area contributed by atoms with Crippen LogP contribution in [0.4, 0.5) is 4.79 Å². The number of carboxylic acid groups (broad SMARTS) is 1. The number of hydrogen-bond donors (Lipinski definition) is 3. The summed E-state index contributed by atoms with van der Waals surface area (Å²) in [5.41, 5.74) is 4.58. The zero-order valence-corrected chi connectivity index (χ0v) is 19.6. The zero-order chi connectivity index (χ0) is 24.8. The Morgan fingerprint density at radius 2 is 1.71 bits per heavy atom. The van der Waals surface area contributed by atoms with E-state index in [4.69, 9.17) is 19.3 Å². The molecule has 9 nitrogen and oxygen atoms in total. The highest BCUT2D eigenvalue weighted by molar-refractivity contribution is 5.79. The van der Waals surface area contributed by atoms with Gasteiger partial charge in [-0.25, -0.2) is 4.79 Å². The van der Waals surface area contributed by atoms with Crippen molar-refractivity contribution in [2.45, 2.75) is 31.0 Å². The number of aliphatic carboxylic acids is 1. The topological polar surface area (TPSA) is 123 Å². The van der Waals surface area contributed by atoms with Crippen LogP contribution >= 0.6 is 0 Å². The number of amides is 2. The van der Waals surface area contributed by atoms with E-state index in [1.54, 1.807) is 0 Å². The number of hydrogen-bond acceptors (Lipinski definition) is 6. The third-order valence-corrected chi connectivity index (χ3v) is 6.52. The van der Waals surface area contributed by atoms with Gasteiger partial charge in [-0.1, -0.05) is 48.5 Å². The first-order valence-electron chi connectivity index (χ1n) is 11.7. The van der Waals surface area contributed by atoms with E-state index in [0.29, 0.717) is 6.42 Å². The summed E-state index contributed by atoms with van der Waals surface area (Å²) in [7, 11) is 1.47. The van der Waals surface area contributed by atoms with Crippen LogP contribution in [0.1, 0.15) is 29.9 Å². The van der Waals surface area contributed by atoms with Crippen LogP contribution in [0, 0.1) is 5.92 Å². The predicted octanol–water partition coefficient (Wildman–Crippen LogP) is 2.54. The van der Waals surface area contributed by atoms with Gasteiger partial charge in [-0.3, -0.25) is 9.59 Å². The van der Waals surface area contributed by atoms with Gasteiger partial charge in [0.1, 0.15) is 6.61 Å². The summed E-state index contributed by atoms with van der Waals surface area (Å²) < 4.78 is 16.2. The molecule has 2 amide bonds. The second kappa shape index (κ2) is 11.3. The molecule has 0 aromatic heterocycles. The Kier molecular flexibility index (Phi) is 7.99. The molecule has 4 rings (SSSR count). The second-order valence-electron chi connectivity index (χ2n) is 8.80. The van der Waals surface area contributed by atoms with Crippen molar-refractivity contribution in [1.82, 2.24) is 10.6 Å². The van der Waals surface area contributed by atoms with Crippen molar-refractivity contribution in [1.29, 1.82) is 0 Å². The molecule has 186 valence electrons. The first-order valence-corrected chi connectivity index (χ1v) is 11.7. The lowest BCUT2D eigenvalue weighted by atomic mass is 9.98. The predicted molar refractivity (Wildman–Crippen MR) is 127 cm³/mol. The monoisotopic (exact) mass is 482 g/mol. The van der Waals surface area contributed by atoms with E-state index in [9.17, 15) is 14.4 Å². The van der Waals surface area contributed by atoms with Gasteiger partial charge in [0, 0.05) is 26.1 Å². The molecule has 1 aliphatic carbocycles. The molecule has 2 aromatic rings. The molecular formula is C26H30N2O7. The average Bonchev–Trinajstić information content (AvgIpc) is 3.47. The molecule has 1 saturated heterocycles. The number of methoxy groups -OCH3 is 1. The van der Waals surface area contributed by atoms with E-state index in [2.05, 4.69) is 34.9 Å². The Labute approximate surface area is 203 Å². The summed E-state index contributed by atoms with van der Waals surface area (Å²) in [6.45, 7) is 0.706. The zero-order valence-electron chi connectivity index (χ0n) is 19.6. The smallest absolute Gasteiger partial charge is 0.407 e. The highest BCUT2D eigenvalue weighted by atomic mass is 16.5. The Hall–Kier alpha value is -3.43. The van der Waals surface area contributed by atoms with Crippen LogP contribution in [0.2, 0.25) is 0 Å². The summed E-state index contributed by atoms with van der Waals surface area (Å²) in [4.78, 5) is 35.6. The summed E-state index contributed by atoms with van der Waals surface area (Å²) in [6, 6.07) is 16.2. The van der Waals surface area contributed by atoms with Crippen molar-refractivity contribution < 1.29 is 33.7 Å². The summed E-state index contributed by atoms with van der Waals surface area (Å²) in [6.07, 6.45) is -1.03. The van der Waals surface area contributed by atoms with Crippen LogP contribution < -0.4 is 10.6 Å². The maximum Gasteiger partial charge on any atom is 0.407 e. The van der Waals surface area contributed by atoms with Crippen molar-refractivity contribution >= 4 is 18.0 Å². The van der Waals surface area contributed by atoms with Gasteiger partial charge in [-0.2, -0.15) is 0 Å². The fourth-order valence-corrected chi connectivity index (χ4v) is 4.61. The van der Waals surface area contributed by atoms with Gasteiger partial charge in [0.15, 0.2) is 0 Å². The molecule has 2 aromatic carbocycles. The van der Waals surface area contributed by atoms with Crippen LogP contribution in [0.5, 0.6) is 0 Å². The molecule has 35 heavy (non-hydrogen) atoms. The average molecular weight is 483 g/mol. The molecule has 0 saturated carbocycles. The lowest BCUT2D eigenvalue weighted by Crippen LogP contribution is -2.39. The molecule has 3 unspecified atom stereocenters. The third-order valence-electron chi connectivity index (χ3n) is 6.52. The number of nitrogens with one attached hydrogen (secondary N) is 2. The largest absolute Gasteiger partial charge is 0.481 e. The number of carboxylic acids is 1. The Morgan fingerprint density at radius 1 is 1.06 bits per heavy atom. The van der Waals surface area contributed by atoms with E-state index in [0.717, 1.165) is 22.3 Å². The first-order chi connectivity index (χ1) is 17.0. The highest BCUT2D eigenvalue weighted by Gasteiger charge is 2.31. The number of carbonyl (C=O) groups is 3. The Balaban J connectivity index is 1.20. The fraction of sp³-hybridized carbons (Fsp3) is 0.423. The lowest BCUT2D eigenvalue weighted by molar-refractivity contribution is -0.141. The normalized spacial score (nSPS) is 19.5. The molecule has 0 spiro atoms. The van der Waals surface area contributed by atoms with Crippen LogP contribution in [0.15, 0.2) is 48.5 Å². The number of rotatable bonds is 10. The van der Waals surface area contributed by atoms with E-state index in [1.807, 2.05) is 24.3 Å². The van der Waals surface area contributed by atoms with Gasteiger partial charge in [0.05, 0.1) is 31.2 Å². The van der Waals surface area contributed by atoms with Crippen molar-refractivity contribution in [3.63, 3.8) is 0 Å². The van der Waals surface area contributed by atoms with Gasteiger partial charge in [0.2, 0.25) is 5.91 Å². The molecule has 9 heteroatoms. The van der Waals surface area contributed by atoms with Gasteiger partial charge < -0.3 is 30.0 Å². The minimum atomic E-state index is -0.891. The molecule has 1 aliphatic heterocycles. The molecule has 1 heterocycles. The van der Waals surface area contributed by atoms with Gasteiger partial charge in [-0.05, 0) is 28.7 Å². The van der Waals surface area contributed by atoms with Crippen molar-refractivity contribution in [3.05, 3.63) is 59.7 Å². The first kappa shape index (κ1) is 24.7. The van der Waals surface area contributed by atoms with Crippen molar-refractivity contribution in [2.24, 2.45) is 5.92 Å². The number of benzene rings is 2. The van der Waals surface area contributed by atoms with Gasteiger partial charge in [-0.15, -0.1) is 0 Å². The molecule has 0 radical (unpaired) electrons. The molecule has 0 bridgehead atoms. The van der Waals surface area contributed by atoms with Crippen LogP contribution in [-0.2, 0) is 23.8 Å². The van der Waals surface area contributed by atoms with Crippen LogP contribution in [0.3, 0.4) is 0 Å². The standard InChI is InChI=1S/C26H30N2O7/c1-33-17(11-24(29)27-13-18-10-16(14-34-18)25(30)31)12-28-26(32)35-15-23-21-8-4-2-6-19(21)20-7-3-5-9-22(20)23/h2-9,16-18,23H,10-15H2,1H3,(H,27,29)(H,28,32)(H,30,31). The van der Waals surface area contributed by atoms with Gasteiger partial charge >= 0.3 is 12.1 Å². The molecule has 3 atom stereocenters. The minimum absolute atomic E-state index is 0.0318. The number of alkyl carbamates (subject to hydrolysis) is 1. The van der Waals surface area contributed by atoms with Crippen molar-refractivity contribution in [3.8, 4) is 11.1 Å². The summed E-state index contributed by atoms with van der Waals surface area (Å²) in [5, 5.41) is 14.4. The molecule has 3 N–H and O–H groups in total. The Morgan fingerprint density at radius 3 is 2.31 bits per heavy atom. The third kappa shape index (κ3) is 5.98. The van der Waals surface area contributed by atoms with E-state index in [-0.39, 0.29) is 50.7 Å². The quantitative estimate of drug-likeness (QED) is 0.476. The van der Waals surface area contributed by atoms with Crippen LogP contribution in [-0.4, -0.2) is 68.7 Å². The van der Waals surface area contributed by atoms with E-state index in [1.165, 1.54) is 7.11 Å². The molecule has 1 fully saturated rings. The number of carbonyl (C=O) groups excluding carboxylic acids is 2. The van der Waals surface area contributed by atoms with Crippen molar-refractivity contribution in [2.75, 3.05) is 33.4 Å². The van der Waals surface area contributed by atoms with E-state index < -0.39 is 24.1 Å². The minimum Gasteiger partial charge on any atom is -0.481 e. The summed E-state index contributed by atoms with van der Waals surface area (Å²) in [5.74, 6) is -1.73. The molecule has 2 aliphatic rings. The number of ether oxygens (including phenoxy) is 3. The fourth-order valence-electron chi connectivity index (χ4n) is 4.61. The maximum atomic E-state index is 12.4. The van der Waals surface area contributed by atoms with Gasteiger partial charge in [0.25, 0.3) is 0 Å². The SMILES string of the molecule is COC(CNC(=O)OCC1c2ccccc2-c2ccccc21)CC(=O)NCC1CC(C(=O)O)CO1. The number of fused-ring (bicyclic) bond motifs is 3. The summed E-state index contributed by atoms with van der Waals surface area (Å²) >= 11 is 0.